The Bertz CT molecular complexity index is 2710. The molecule has 15 heteroatoms. The summed E-state index contributed by atoms with van der Waals surface area (Å²) in [4.78, 5) is 82.7. The van der Waals surface area contributed by atoms with Crippen molar-refractivity contribution in [1.29, 1.82) is 0 Å². The first kappa shape index (κ1) is 52.2. The van der Waals surface area contributed by atoms with Gasteiger partial charge in [-0.25, -0.2) is 0 Å². The number of carbonyl (C=O) groups excluding carboxylic acids is 5. The monoisotopic (exact) mass is 984 g/mol. The van der Waals surface area contributed by atoms with Gasteiger partial charge in [-0.1, -0.05) is 63.9 Å². The lowest BCUT2D eigenvalue weighted by atomic mass is 9.84. The maximum atomic E-state index is 14.9. The second-order valence-electron chi connectivity index (χ2n) is 21.2. The van der Waals surface area contributed by atoms with Crippen molar-refractivity contribution in [1.82, 2.24) is 34.5 Å². The first-order chi connectivity index (χ1) is 34.6. The molecule has 0 spiro atoms. The molecule has 6 heterocycles. The van der Waals surface area contributed by atoms with Crippen LogP contribution in [-0.2, 0) is 57.6 Å². The Hall–Kier alpha value is -6.08. The molecule has 4 aliphatic rings. The Morgan fingerprint density at radius 2 is 1.75 bits per heavy atom. The number of carbonyl (C=O) groups is 5. The number of esters is 1. The van der Waals surface area contributed by atoms with Gasteiger partial charge in [0.25, 0.3) is 5.91 Å². The van der Waals surface area contributed by atoms with E-state index < -0.39 is 35.2 Å². The fraction of sp³-hybridized carbons (Fsp3) is 0.544. The van der Waals surface area contributed by atoms with Gasteiger partial charge in [-0.05, 0) is 97.9 Å². The lowest BCUT2D eigenvalue weighted by molar-refractivity contribution is -0.155. The number of nitrogens with zero attached hydrogens (tertiary/aromatic N) is 6. The molecule has 3 fully saturated rings. The highest BCUT2D eigenvalue weighted by molar-refractivity contribution is 5.97. The minimum Gasteiger partial charge on any atom is -0.465 e. The lowest BCUT2D eigenvalue weighted by Gasteiger charge is -2.36. The quantitative estimate of drug-likeness (QED) is 0.144. The first-order valence-electron chi connectivity index (χ1n) is 25.9. The van der Waals surface area contributed by atoms with Gasteiger partial charge in [0.1, 0.15) is 12.1 Å². The van der Waals surface area contributed by atoms with Crippen LogP contribution in [0.5, 0.6) is 0 Å². The molecule has 4 aromatic rings. The zero-order chi connectivity index (χ0) is 51.3. The van der Waals surface area contributed by atoms with Gasteiger partial charge < -0.3 is 38.8 Å². The van der Waals surface area contributed by atoms with Gasteiger partial charge in [0.05, 0.1) is 55.7 Å². The van der Waals surface area contributed by atoms with E-state index in [2.05, 4.69) is 83.8 Å². The van der Waals surface area contributed by atoms with Gasteiger partial charge in [-0.3, -0.25) is 33.9 Å². The van der Waals surface area contributed by atoms with Crippen molar-refractivity contribution in [3.05, 3.63) is 77.6 Å². The number of likely N-dealkylation sites (N-methyl/N-ethyl adjacent to an activating group) is 1. The molecule has 0 unspecified atom stereocenters. The third-order valence-electron chi connectivity index (χ3n) is 15.0. The molecule has 0 aliphatic carbocycles. The maximum Gasteiger partial charge on any atom is 0.310 e. The van der Waals surface area contributed by atoms with Crippen LogP contribution in [-0.4, -0.2) is 151 Å². The van der Waals surface area contributed by atoms with Crippen molar-refractivity contribution in [2.24, 2.45) is 23.2 Å². The summed E-state index contributed by atoms with van der Waals surface area (Å²) in [5.41, 5.74) is 7.42. The Morgan fingerprint density at radius 3 is 2.50 bits per heavy atom. The van der Waals surface area contributed by atoms with E-state index in [4.69, 9.17) is 19.2 Å². The van der Waals surface area contributed by atoms with Crippen molar-refractivity contribution in [3.63, 3.8) is 0 Å². The highest BCUT2D eigenvalue weighted by Crippen LogP contribution is 2.42. The molecule has 0 saturated carbocycles. The van der Waals surface area contributed by atoms with E-state index in [0.717, 1.165) is 63.2 Å². The van der Waals surface area contributed by atoms with Gasteiger partial charge in [-0.2, -0.15) is 0 Å². The summed E-state index contributed by atoms with van der Waals surface area (Å²) < 4.78 is 19.8. The maximum absolute atomic E-state index is 14.9. The summed E-state index contributed by atoms with van der Waals surface area (Å²) in [6.07, 6.45) is 3.97. The average molecular weight is 984 g/mol. The fourth-order valence-corrected chi connectivity index (χ4v) is 11.1. The number of amides is 4. The fourth-order valence-electron chi connectivity index (χ4n) is 11.1. The van der Waals surface area contributed by atoms with Crippen LogP contribution in [0.25, 0.3) is 33.3 Å². The molecule has 384 valence electrons. The molecule has 4 amide bonds. The lowest BCUT2D eigenvalue weighted by Crippen LogP contribution is -2.58. The number of ether oxygens (including phenoxy) is 3. The van der Waals surface area contributed by atoms with E-state index in [9.17, 15) is 24.0 Å². The van der Waals surface area contributed by atoms with Gasteiger partial charge in [-0.15, -0.1) is 0 Å². The summed E-state index contributed by atoms with van der Waals surface area (Å²) in [6, 6.07) is 16.8. The Kier molecular flexibility index (Phi) is 16.5. The van der Waals surface area contributed by atoms with Gasteiger partial charge >= 0.3 is 5.97 Å². The Balaban J connectivity index is 1.10. The molecule has 2 aromatic heterocycles. The molecule has 6 bridgehead atoms. The molecular formula is C57H73N7O8. The van der Waals surface area contributed by atoms with E-state index in [0.29, 0.717) is 65.1 Å². The van der Waals surface area contributed by atoms with Gasteiger partial charge in [0.2, 0.25) is 17.7 Å². The van der Waals surface area contributed by atoms with Crippen molar-refractivity contribution < 1.29 is 38.2 Å². The van der Waals surface area contributed by atoms with Crippen molar-refractivity contribution >= 4 is 40.5 Å². The molecule has 72 heavy (non-hydrogen) atoms. The largest absolute Gasteiger partial charge is 0.465 e. The number of hydrogen-bond donors (Lipinski definition) is 1. The van der Waals surface area contributed by atoms with Crippen LogP contribution in [0.1, 0.15) is 83.7 Å². The number of hydrogen-bond acceptors (Lipinski definition) is 10. The third kappa shape index (κ3) is 11.6. The van der Waals surface area contributed by atoms with Gasteiger partial charge in [0.15, 0.2) is 0 Å². The van der Waals surface area contributed by atoms with Crippen molar-refractivity contribution in [2.75, 3.05) is 79.8 Å². The first-order valence-corrected chi connectivity index (χ1v) is 25.9. The smallest absolute Gasteiger partial charge is 0.310 e. The minimum atomic E-state index is -1.00. The predicted octanol–water partition coefficient (Wildman–Crippen LogP) is 6.16. The molecule has 15 nitrogen and oxygen atoms in total. The molecule has 2 aromatic carbocycles. The summed E-state index contributed by atoms with van der Waals surface area (Å²) >= 11 is 0. The topological polar surface area (TPSA) is 156 Å². The second kappa shape index (κ2) is 22.8. The number of benzene rings is 2. The van der Waals surface area contributed by atoms with E-state index in [1.807, 2.05) is 39.0 Å². The summed E-state index contributed by atoms with van der Waals surface area (Å²) in [5, 5.41) is 4.21. The zero-order valence-corrected chi connectivity index (χ0v) is 43.5. The second-order valence-corrected chi connectivity index (χ2v) is 21.2. The number of likely N-dealkylation sites (tertiary alicyclic amines) is 1. The summed E-state index contributed by atoms with van der Waals surface area (Å²) in [5.74, 6) is 2.77. The normalized spacial score (nSPS) is 21.6. The molecule has 1 N–H and O–H groups in total. The minimum absolute atomic E-state index is 0.168. The molecule has 8 rings (SSSR count). The number of nitrogens with one attached hydrogen (secondary N) is 1. The molecule has 0 radical (unpaired) electrons. The number of cyclic esters (lactones) is 1. The highest BCUT2D eigenvalue weighted by atomic mass is 16.5. The van der Waals surface area contributed by atoms with Crippen molar-refractivity contribution in [3.8, 4) is 34.2 Å². The van der Waals surface area contributed by atoms with Crippen LogP contribution in [0.4, 0.5) is 0 Å². The number of rotatable bonds is 10. The number of methoxy groups -OCH3 is 1. The van der Waals surface area contributed by atoms with E-state index in [1.165, 1.54) is 4.90 Å². The molecule has 5 atom stereocenters. The average Bonchev–Trinajstić information content (AvgIpc) is 4.00. The van der Waals surface area contributed by atoms with Crippen LogP contribution in [0.3, 0.4) is 0 Å². The van der Waals surface area contributed by atoms with Crippen LogP contribution in [0.2, 0.25) is 0 Å². The number of piperidine rings is 1. The zero-order valence-electron chi connectivity index (χ0n) is 43.5. The van der Waals surface area contributed by atoms with E-state index in [1.54, 1.807) is 30.2 Å². The van der Waals surface area contributed by atoms with Crippen LogP contribution in [0, 0.1) is 35.0 Å². The van der Waals surface area contributed by atoms with Crippen molar-refractivity contribution in [2.45, 2.75) is 98.4 Å². The molecule has 3 saturated heterocycles. The van der Waals surface area contributed by atoms with Crippen LogP contribution >= 0.6 is 0 Å². The summed E-state index contributed by atoms with van der Waals surface area (Å²) in [6.45, 7) is 17.6. The standard InChI is InChI=1S/C57H73N7O8/c1-9-64-48-20-19-41-32-45(48)46(52(64)44-17-11-22-58-50(44)38(4)70-8)33-57(5,6)36-72-56(69)43-16-12-24-63(35-43)55(68)47(31-39-14-10-15-40(41)30-39)59-53(66)51(37(2)3)60(7)54(67)42-21-25-62(34-42)49(65)18-13-23-61-26-28-71-29-27-61/h10-11,14-15,17,19-20,22,30,32,37-38,42-43,47,51H,9,12,16,21,23-29,31,33-36H2,1-8H3,(H,59,66)/t38-,42-,43+,47-,51-/m0/s1. The number of morpholine rings is 1. The molecular weight excluding hydrogens is 911 g/mol. The van der Waals surface area contributed by atoms with Crippen LogP contribution in [0.15, 0.2) is 60.8 Å². The summed E-state index contributed by atoms with van der Waals surface area (Å²) in [7, 11) is 3.33. The van der Waals surface area contributed by atoms with Crippen LogP contribution < -0.4 is 5.32 Å². The molecule has 4 aliphatic heterocycles. The highest BCUT2D eigenvalue weighted by Gasteiger charge is 2.40. The number of fused-ring (bicyclic) bond motifs is 6. The van der Waals surface area contributed by atoms with E-state index >= 15 is 0 Å². The number of aromatic nitrogens is 2. The van der Waals surface area contributed by atoms with E-state index in [-0.39, 0.29) is 61.8 Å². The van der Waals surface area contributed by atoms with Gasteiger partial charge in [0, 0.05) is 94.5 Å². The number of aryl methyl sites for hydroxylation is 1. The Labute approximate surface area is 424 Å². The Morgan fingerprint density at radius 1 is 0.972 bits per heavy atom. The predicted molar refractivity (Wildman–Crippen MR) is 276 cm³/mol. The third-order valence-corrected chi connectivity index (χ3v) is 15.0. The number of pyridine rings is 1. The SMILES string of the molecule is CCn1c(-c2cccnc2[C@H](C)OC)c2c3cc(ccc31)-c1cccc(c1)C[C@H](NC(=O)[C@H](C(C)C)N(C)C(=O)[C@H]1CCN(C(=O)C#CCN3CCOCC3)C1)C(=O)N1CCC[C@H](C1)C(=O)OCC(C)(C)C2.